The second kappa shape index (κ2) is 14.3. The van der Waals surface area contributed by atoms with E-state index in [1.807, 2.05) is 55.4 Å². The van der Waals surface area contributed by atoms with E-state index in [4.69, 9.17) is 9.16 Å². The largest absolute Gasteiger partial charge is 0.497 e. The van der Waals surface area contributed by atoms with Gasteiger partial charge in [-0.15, -0.1) is 0 Å². The van der Waals surface area contributed by atoms with Crippen molar-refractivity contribution in [1.29, 1.82) is 0 Å². The van der Waals surface area contributed by atoms with Crippen LogP contribution in [0, 0.1) is 0 Å². The molecule has 0 aliphatic rings. The van der Waals surface area contributed by atoms with Crippen molar-refractivity contribution >= 4 is 24.0 Å². The van der Waals surface area contributed by atoms with Crippen LogP contribution >= 0.6 is 0 Å². The third-order valence-electron chi connectivity index (χ3n) is 8.29. The normalized spacial score (nSPS) is 12.9. The Balaban J connectivity index is 2.56. The highest BCUT2D eigenvalue weighted by Gasteiger charge is 2.42. The van der Waals surface area contributed by atoms with Gasteiger partial charge in [0.1, 0.15) is 5.75 Å². The molecule has 0 aliphatic carbocycles. The molecule has 2 aromatic rings. The quantitative estimate of drug-likeness (QED) is 0.202. The first-order valence-corrected chi connectivity index (χ1v) is 19.1. The molecule has 8 heteroatoms. The van der Waals surface area contributed by atoms with E-state index in [0.29, 0.717) is 17.9 Å². The van der Waals surface area contributed by atoms with Crippen molar-refractivity contribution in [3.63, 3.8) is 0 Å². The van der Waals surface area contributed by atoms with Gasteiger partial charge in [0.15, 0.2) is 8.32 Å². The Morgan fingerprint density at radius 1 is 0.925 bits per heavy atom. The van der Waals surface area contributed by atoms with Crippen molar-refractivity contribution < 1.29 is 17.6 Å². The number of unbranched alkanes of at least 4 members (excludes halogenated alkanes) is 2. The highest BCUT2D eigenvalue weighted by Crippen LogP contribution is 2.38. The van der Waals surface area contributed by atoms with E-state index in [2.05, 4.69) is 52.4 Å². The van der Waals surface area contributed by atoms with Crippen LogP contribution in [0.4, 0.5) is 5.69 Å². The lowest BCUT2D eigenvalue weighted by Gasteiger charge is -2.42. The van der Waals surface area contributed by atoms with E-state index in [1.54, 1.807) is 13.2 Å². The van der Waals surface area contributed by atoms with Gasteiger partial charge in [-0.3, -0.25) is 0 Å². The number of methoxy groups -OCH3 is 1. The number of rotatable bonds is 16. The van der Waals surface area contributed by atoms with Gasteiger partial charge in [-0.2, -0.15) is 0 Å². The molecule has 0 bridgehead atoms. The molecule has 40 heavy (non-hydrogen) atoms. The molecule has 0 spiro atoms. The summed E-state index contributed by atoms with van der Waals surface area (Å²) in [5, 5.41) is 0.0423. The third kappa shape index (κ3) is 9.33. The molecular formula is C32H54N2O4SSi. The first-order valence-electron chi connectivity index (χ1n) is 14.7. The molecule has 0 amide bonds. The molecular weight excluding hydrogens is 537 g/mol. The van der Waals surface area contributed by atoms with Crippen molar-refractivity contribution in [3.05, 3.63) is 53.6 Å². The third-order valence-corrected chi connectivity index (χ3v) is 14.4. The summed E-state index contributed by atoms with van der Waals surface area (Å²) in [4.78, 5) is 2.33. The van der Waals surface area contributed by atoms with Crippen molar-refractivity contribution in [2.24, 2.45) is 0 Å². The first-order chi connectivity index (χ1) is 18.6. The number of nitrogens with zero attached hydrogens (tertiary/aromatic N) is 1. The average molecular weight is 591 g/mol. The second-order valence-corrected chi connectivity index (χ2v) is 19.3. The number of ether oxygens (including phenoxy) is 1. The molecule has 0 aliphatic heterocycles. The van der Waals surface area contributed by atoms with E-state index >= 15 is 0 Å². The van der Waals surface area contributed by atoms with Crippen LogP contribution in [-0.2, 0) is 20.9 Å². The molecule has 2 rings (SSSR count). The van der Waals surface area contributed by atoms with Gasteiger partial charge in [0.05, 0.1) is 24.2 Å². The summed E-state index contributed by atoms with van der Waals surface area (Å²) in [6.07, 6.45) is 5.86. The topological polar surface area (TPSA) is 67.9 Å². The molecule has 1 N–H and O–H groups in total. The van der Waals surface area contributed by atoms with Crippen LogP contribution in [0.25, 0.3) is 0 Å². The summed E-state index contributed by atoms with van der Waals surface area (Å²) in [6.45, 7) is 15.8. The van der Waals surface area contributed by atoms with Gasteiger partial charge in [-0.1, -0.05) is 72.4 Å². The summed E-state index contributed by atoms with van der Waals surface area (Å²) < 4.78 is 43.9. The van der Waals surface area contributed by atoms with E-state index in [-0.39, 0.29) is 5.04 Å². The summed E-state index contributed by atoms with van der Waals surface area (Å²) in [7, 11) is -0.351. The highest BCUT2D eigenvalue weighted by atomic mass is 32.2. The van der Waals surface area contributed by atoms with Crippen molar-refractivity contribution in [2.75, 3.05) is 32.7 Å². The Bertz CT molecular complexity index is 1160. The lowest BCUT2D eigenvalue weighted by Crippen LogP contribution is -2.55. The van der Waals surface area contributed by atoms with Crippen LogP contribution in [0.5, 0.6) is 5.75 Å². The van der Waals surface area contributed by atoms with Crippen LogP contribution < -0.4 is 14.4 Å². The molecule has 0 unspecified atom stereocenters. The number of anilines is 1. The fourth-order valence-corrected chi connectivity index (χ4v) is 7.25. The number of benzene rings is 2. The predicted molar refractivity (Wildman–Crippen MR) is 172 cm³/mol. The molecule has 0 atom stereocenters. The zero-order valence-corrected chi connectivity index (χ0v) is 28.5. The van der Waals surface area contributed by atoms with E-state index < -0.39 is 23.9 Å². The van der Waals surface area contributed by atoms with E-state index in [9.17, 15) is 8.42 Å². The monoisotopic (exact) mass is 590 g/mol. The zero-order valence-electron chi connectivity index (χ0n) is 26.7. The number of hydrogen-bond acceptors (Lipinski definition) is 5. The summed E-state index contributed by atoms with van der Waals surface area (Å²) in [6, 6.07) is 13.4. The van der Waals surface area contributed by atoms with Crippen molar-refractivity contribution in [1.82, 2.24) is 4.72 Å². The molecule has 0 saturated carbocycles. The molecule has 0 saturated heterocycles. The van der Waals surface area contributed by atoms with Crippen LogP contribution in [0.2, 0.25) is 18.1 Å². The highest BCUT2D eigenvalue weighted by molar-refractivity contribution is 7.89. The Hall–Kier alpha value is -1.87. The maximum Gasteiger partial charge on any atom is 0.241 e. The standard InChI is InChI=1S/C32H54N2O4SSi/c1-11-13-21-32(22-14-12-2,25-38-40(9,10)31(3,4)5)33-39(35,36)30-20-17-28(34(6)7)24-27(30)23-26-15-18-29(37-8)19-16-26/h15-20,24,33H,11-14,21-23,25H2,1-10H3. The molecule has 0 heterocycles. The van der Waals surface area contributed by atoms with Gasteiger partial charge in [0, 0.05) is 19.8 Å². The van der Waals surface area contributed by atoms with Gasteiger partial charge in [-0.25, -0.2) is 13.1 Å². The first kappa shape index (κ1) is 34.3. The van der Waals surface area contributed by atoms with Crippen LogP contribution in [0.3, 0.4) is 0 Å². The molecule has 0 aromatic heterocycles. The number of sulfonamides is 1. The number of hydrogen-bond donors (Lipinski definition) is 1. The van der Waals surface area contributed by atoms with E-state index in [1.165, 1.54) is 0 Å². The minimum absolute atomic E-state index is 0.0423. The Kier molecular flexibility index (Phi) is 12.3. The van der Waals surface area contributed by atoms with Gasteiger partial charge in [0.2, 0.25) is 10.0 Å². The van der Waals surface area contributed by atoms with Crippen molar-refractivity contribution in [3.8, 4) is 5.75 Å². The second-order valence-electron chi connectivity index (χ2n) is 12.9. The van der Waals surface area contributed by atoms with Gasteiger partial charge >= 0.3 is 0 Å². The molecule has 2 aromatic carbocycles. The summed E-state index contributed by atoms with van der Waals surface area (Å²) >= 11 is 0. The fourth-order valence-electron chi connectivity index (χ4n) is 4.51. The van der Waals surface area contributed by atoms with Crippen LogP contribution in [0.15, 0.2) is 47.4 Å². The minimum Gasteiger partial charge on any atom is -0.497 e. The Morgan fingerprint density at radius 2 is 1.50 bits per heavy atom. The minimum atomic E-state index is -3.85. The van der Waals surface area contributed by atoms with Crippen molar-refractivity contribution in [2.45, 2.75) is 108 Å². The smallest absolute Gasteiger partial charge is 0.241 e. The molecule has 0 radical (unpaired) electrons. The zero-order chi connectivity index (χ0) is 30.2. The van der Waals surface area contributed by atoms with Crippen LogP contribution in [0.1, 0.15) is 84.3 Å². The Labute approximate surface area is 246 Å². The Morgan fingerprint density at radius 3 is 1.98 bits per heavy atom. The predicted octanol–water partition coefficient (Wildman–Crippen LogP) is 7.77. The molecule has 6 nitrogen and oxygen atoms in total. The van der Waals surface area contributed by atoms with Crippen LogP contribution in [-0.4, -0.2) is 50.1 Å². The fraction of sp³-hybridized carbons (Fsp3) is 0.625. The van der Waals surface area contributed by atoms with Gasteiger partial charge < -0.3 is 14.1 Å². The van der Waals surface area contributed by atoms with E-state index in [0.717, 1.165) is 61.1 Å². The molecule has 226 valence electrons. The summed E-state index contributed by atoms with van der Waals surface area (Å²) in [5.41, 5.74) is 2.11. The average Bonchev–Trinajstić information content (AvgIpc) is 2.89. The molecule has 0 fully saturated rings. The summed E-state index contributed by atoms with van der Waals surface area (Å²) in [5.74, 6) is 0.777. The maximum absolute atomic E-state index is 14.3. The number of nitrogens with one attached hydrogen (secondary N) is 1. The van der Waals surface area contributed by atoms with Gasteiger partial charge in [-0.05, 0) is 78.9 Å². The van der Waals surface area contributed by atoms with Gasteiger partial charge in [0.25, 0.3) is 0 Å². The maximum atomic E-state index is 14.3. The lowest BCUT2D eigenvalue weighted by molar-refractivity contribution is 0.162. The SMILES string of the molecule is CCCCC(CCCC)(CO[Si](C)(C)C(C)(C)C)NS(=O)(=O)c1ccc(N(C)C)cc1Cc1ccc(OC)cc1. The lowest BCUT2D eigenvalue weighted by atomic mass is 9.89.